The quantitative estimate of drug-likeness (QED) is 0.429. The highest BCUT2D eigenvalue weighted by atomic mass is 35.5. The van der Waals surface area contributed by atoms with Gasteiger partial charge in [0.2, 0.25) is 0 Å². The lowest BCUT2D eigenvalue weighted by atomic mass is 9.82. The van der Waals surface area contributed by atoms with Crippen molar-refractivity contribution in [3.8, 4) is 0 Å². The zero-order valence-electron chi connectivity index (χ0n) is 17.6. The summed E-state index contributed by atoms with van der Waals surface area (Å²) in [6.45, 7) is 0.748. The van der Waals surface area contributed by atoms with Crippen LogP contribution in [0.4, 0.5) is 17.6 Å². The van der Waals surface area contributed by atoms with Crippen molar-refractivity contribution < 1.29 is 27.0 Å². The molecule has 174 valence electrons. The third kappa shape index (κ3) is 5.38. The van der Waals surface area contributed by atoms with E-state index in [2.05, 4.69) is 5.32 Å². The summed E-state index contributed by atoms with van der Waals surface area (Å²) in [4.78, 5) is 0. The fraction of sp³-hybridized carbons (Fsp3) is 0.280. The topological polar surface area (TPSA) is 30.5 Å². The summed E-state index contributed by atoms with van der Waals surface area (Å²) in [5.74, 6) is -2.75. The van der Waals surface area contributed by atoms with Crippen LogP contribution in [0.3, 0.4) is 0 Å². The summed E-state index contributed by atoms with van der Waals surface area (Å²) in [6.07, 6.45) is -0.103. The lowest BCUT2D eigenvalue weighted by Gasteiger charge is -2.44. The van der Waals surface area contributed by atoms with E-state index in [4.69, 9.17) is 21.1 Å². The smallest absolute Gasteiger partial charge is 0.131 e. The molecule has 1 fully saturated rings. The first-order valence-electron chi connectivity index (χ1n) is 10.5. The number of piperidine rings is 1. The molecule has 3 aromatic rings. The number of ether oxygens (including phenoxy) is 2. The van der Waals surface area contributed by atoms with E-state index < -0.39 is 35.0 Å². The summed E-state index contributed by atoms with van der Waals surface area (Å²) in [5.41, 5.74) is 0.163. The number of rotatable bonds is 7. The summed E-state index contributed by atoms with van der Waals surface area (Å²) < 4.78 is 67.4. The normalized spacial score (nSPS) is 20.7. The standard InChI is InChI=1S/C25H22ClF4NO2/c26-19-5-3-18(4-6-19)25(33-15-17-2-8-21(28)12-23(17)30)9-10-31-13-24(25)32-14-16-1-7-20(27)11-22(16)29/h1-8,11-12,24,31H,9-10,13-15H2/t24-,25-/m1/s1. The molecule has 2 atom stereocenters. The molecule has 0 aliphatic carbocycles. The molecule has 0 saturated carbocycles. The summed E-state index contributed by atoms with van der Waals surface area (Å²) >= 11 is 6.07. The number of benzene rings is 3. The lowest BCUT2D eigenvalue weighted by molar-refractivity contribution is -0.177. The maximum atomic E-state index is 14.3. The van der Waals surface area contributed by atoms with Gasteiger partial charge >= 0.3 is 0 Å². The Morgan fingerprint density at radius 1 is 0.848 bits per heavy atom. The van der Waals surface area contributed by atoms with Gasteiger partial charge in [-0.1, -0.05) is 35.9 Å². The molecule has 33 heavy (non-hydrogen) atoms. The van der Waals surface area contributed by atoms with E-state index in [0.717, 1.165) is 17.7 Å². The Kier molecular flexibility index (Phi) is 7.34. The van der Waals surface area contributed by atoms with E-state index in [9.17, 15) is 17.6 Å². The van der Waals surface area contributed by atoms with Crippen LogP contribution in [0.5, 0.6) is 0 Å². The molecule has 1 saturated heterocycles. The third-order valence-electron chi connectivity index (χ3n) is 5.81. The molecule has 0 amide bonds. The minimum absolute atomic E-state index is 0.109. The van der Waals surface area contributed by atoms with Gasteiger partial charge < -0.3 is 14.8 Å². The fourth-order valence-corrected chi connectivity index (χ4v) is 4.14. The van der Waals surface area contributed by atoms with Gasteiger partial charge in [0.15, 0.2) is 0 Å². The molecular weight excluding hydrogens is 458 g/mol. The van der Waals surface area contributed by atoms with Gasteiger partial charge in [-0.15, -0.1) is 0 Å². The molecule has 4 rings (SSSR count). The van der Waals surface area contributed by atoms with Gasteiger partial charge in [0.05, 0.1) is 13.2 Å². The van der Waals surface area contributed by atoms with Gasteiger partial charge in [-0.25, -0.2) is 17.6 Å². The maximum absolute atomic E-state index is 14.3. The van der Waals surface area contributed by atoms with Crippen LogP contribution in [-0.4, -0.2) is 19.2 Å². The van der Waals surface area contributed by atoms with Gasteiger partial charge in [-0.3, -0.25) is 0 Å². The Morgan fingerprint density at radius 2 is 1.45 bits per heavy atom. The number of halogens is 5. The molecule has 0 unspecified atom stereocenters. The van der Waals surface area contributed by atoms with E-state index in [1.54, 1.807) is 12.1 Å². The zero-order chi connectivity index (χ0) is 23.4. The van der Waals surface area contributed by atoms with Crippen LogP contribution < -0.4 is 5.32 Å². The number of hydrogen-bond acceptors (Lipinski definition) is 3. The second-order valence-corrected chi connectivity index (χ2v) is 8.35. The average molecular weight is 480 g/mol. The van der Waals surface area contributed by atoms with Crippen LogP contribution >= 0.6 is 11.6 Å². The van der Waals surface area contributed by atoms with Crippen molar-refractivity contribution >= 4 is 11.6 Å². The van der Waals surface area contributed by atoms with E-state index in [-0.39, 0.29) is 24.3 Å². The summed E-state index contributed by atoms with van der Waals surface area (Å²) in [7, 11) is 0. The zero-order valence-corrected chi connectivity index (χ0v) is 18.3. The second kappa shape index (κ2) is 10.2. The first-order chi connectivity index (χ1) is 15.9. The molecule has 0 bridgehead atoms. The van der Waals surface area contributed by atoms with E-state index in [0.29, 0.717) is 24.5 Å². The monoisotopic (exact) mass is 479 g/mol. The highest BCUT2D eigenvalue weighted by molar-refractivity contribution is 6.30. The van der Waals surface area contributed by atoms with E-state index in [1.165, 1.54) is 24.3 Å². The van der Waals surface area contributed by atoms with Gasteiger partial charge in [0.25, 0.3) is 0 Å². The maximum Gasteiger partial charge on any atom is 0.131 e. The van der Waals surface area contributed by atoms with Crippen molar-refractivity contribution in [3.63, 3.8) is 0 Å². The van der Waals surface area contributed by atoms with E-state index in [1.807, 2.05) is 12.1 Å². The van der Waals surface area contributed by atoms with Crippen molar-refractivity contribution in [2.45, 2.75) is 31.3 Å². The van der Waals surface area contributed by atoms with Gasteiger partial charge in [0.1, 0.15) is 35.0 Å². The SMILES string of the molecule is Fc1ccc(CO[C@@H]2CNCC[C@@]2(OCc2ccc(F)cc2F)c2ccc(Cl)cc2)c(F)c1. The molecule has 0 radical (unpaired) electrons. The second-order valence-electron chi connectivity index (χ2n) is 7.91. The molecular formula is C25H22ClF4NO2. The molecule has 8 heteroatoms. The Labute approximate surface area is 194 Å². The first-order valence-corrected chi connectivity index (χ1v) is 10.9. The average Bonchev–Trinajstić information content (AvgIpc) is 2.79. The van der Waals surface area contributed by atoms with Crippen molar-refractivity contribution in [1.82, 2.24) is 5.32 Å². The van der Waals surface area contributed by atoms with Crippen molar-refractivity contribution in [2.75, 3.05) is 13.1 Å². The Morgan fingerprint density at radius 3 is 2.06 bits per heavy atom. The third-order valence-corrected chi connectivity index (χ3v) is 6.06. The van der Waals surface area contributed by atoms with Crippen LogP contribution in [-0.2, 0) is 28.3 Å². The highest BCUT2D eigenvalue weighted by Crippen LogP contribution is 2.39. The number of hydrogen-bond donors (Lipinski definition) is 1. The minimum Gasteiger partial charge on any atom is -0.369 e. The van der Waals surface area contributed by atoms with Gasteiger partial charge in [-0.05, 0) is 42.8 Å². The molecule has 3 aromatic carbocycles. The molecule has 0 spiro atoms. The molecule has 0 aromatic heterocycles. The van der Waals surface area contributed by atoms with Crippen LogP contribution in [0.2, 0.25) is 5.02 Å². The molecule has 1 heterocycles. The van der Waals surface area contributed by atoms with Crippen LogP contribution in [0.25, 0.3) is 0 Å². The molecule has 1 N–H and O–H groups in total. The first kappa shape index (κ1) is 23.7. The van der Waals surface area contributed by atoms with Crippen LogP contribution in [0.15, 0.2) is 60.7 Å². The van der Waals surface area contributed by atoms with Gasteiger partial charge in [0, 0.05) is 34.8 Å². The Hall–Kier alpha value is -2.45. The van der Waals surface area contributed by atoms with Crippen molar-refractivity contribution in [1.29, 1.82) is 0 Å². The van der Waals surface area contributed by atoms with Crippen molar-refractivity contribution in [3.05, 3.63) is 106 Å². The Balaban J connectivity index is 1.63. The fourth-order valence-electron chi connectivity index (χ4n) is 4.01. The van der Waals surface area contributed by atoms with E-state index >= 15 is 0 Å². The molecule has 1 aliphatic heterocycles. The van der Waals surface area contributed by atoms with Gasteiger partial charge in [-0.2, -0.15) is 0 Å². The highest BCUT2D eigenvalue weighted by Gasteiger charge is 2.44. The predicted molar refractivity (Wildman–Crippen MR) is 117 cm³/mol. The van der Waals surface area contributed by atoms with Crippen LogP contribution in [0, 0.1) is 23.3 Å². The Bertz CT molecular complexity index is 1110. The lowest BCUT2D eigenvalue weighted by Crippen LogP contribution is -2.54. The predicted octanol–water partition coefficient (Wildman–Crippen LogP) is 5.89. The minimum atomic E-state index is -1.01. The number of nitrogens with one attached hydrogen (secondary N) is 1. The largest absolute Gasteiger partial charge is 0.369 e. The van der Waals surface area contributed by atoms with Crippen LogP contribution in [0.1, 0.15) is 23.1 Å². The summed E-state index contributed by atoms with van der Waals surface area (Å²) in [5, 5.41) is 3.78. The molecule has 1 aliphatic rings. The van der Waals surface area contributed by atoms with Crippen molar-refractivity contribution in [2.24, 2.45) is 0 Å². The summed E-state index contributed by atoms with van der Waals surface area (Å²) in [6, 6.07) is 13.7. The molecule has 3 nitrogen and oxygen atoms in total.